The number of hydrogen-bond donors (Lipinski definition) is 0. The molecule has 1 aromatic rings. The third-order valence-corrected chi connectivity index (χ3v) is 5.02. The van der Waals surface area contributed by atoms with Crippen molar-refractivity contribution in [2.45, 2.75) is 66.2 Å². The maximum Gasteiger partial charge on any atom is 0.228 e. The average molecular weight is 332 g/mol. The van der Waals surface area contributed by atoms with E-state index in [1.807, 2.05) is 0 Å². The van der Waals surface area contributed by atoms with E-state index in [0.717, 1.165) is 44.5 Å². The molecule has 24 heavy (non-hydrogen) atoms. The molecule has 0 N–H and O–H groups in total. The number of carbonyl (C=O) groups is 1. The van der Waals surface area contributed by atoms with E-state index in [-0.39, 0.29) is 5.41 Å². The first-order valence-electron chi connectivity index (χ1n) is 9.39. The van der Waals surface area contributed by atoms with Crippen LogP contribution in [0.1, 0.15) is 63.5 Å². The summed E-state index contributed by atoms with van der Waals surface area (Å²) < 4.78 is 5.93. The minimum absolute atomic E-state index is 0.296. The number of aryl methyl sites for hydroxylation is 2. The van der Waals surface area contributed by atoms with Crippen molar-refractivity contribution in [2.75, 3.05) is 19.7 Å². The summed E-state index contributed by atoms with van der Waals surface area (Å²) in [6.07, 6.45) is 6.59. The van der Waals surface area contributed by atoms with Crippen molar-refractivity contribution in [1.29, 1.82) is 0 Å². The van der Waals surface area contributed by atoms with Crippen molar-refractivity contribution < 1.29 is 9.53 Å². The molecular weight excluding hydrogens is 298 g/mol. The smallest absolute Gasteiger partial charge is 0.228 e. The summed E-state index contributed by atoms with van der Waals surface area (Å²) in [5, 5.41) is 0. The number of likely N-dealkylation sites (tertiary alicyclic amines) is 1. The minimum Gasteiger partial charge on any atom is -0.493 e. The molecule has 0 aromatic heterocycles. The molecule has 3 nitrogen and oxygen atoms in total. The van der Waals surface area contributed by atoms with Gasteiger partial charge in [0, 0.05) is 18.5 Å². The Morgan fingerprint density at radius 3 is 2.46 bits per heavy atom. The second kappa shape index (κ2) is 8.55. The molecule has 1 aliphatic rings. The fraction of sp³-hybridized carbons (Fsp3) is 0.667. The van der Waals surface area contributed by atoms with Crippen LogP contribution in [0, 0.1) is 19.3 Å². The zero-order valence-electron chi connectivity index (χ0n) is 15.9. The van der Waals surface area contributed by atoms with Crippen molar-refractivity contribution in [1.82, 2.24) is 4.90 Å². The van der Waals surface area contributed by atoms with Gasteiger partial charge in [-0.1, -0.05) is 38.8 Å². The van der Waals surface area contributed by atoms with Crippen molar-refractivity contribution in [3.05, 3.63) is 29.3 Å². The Hall–Kier alpha value is -1.51. The maximum absolute atomic E-state index is 12.8. The van der Waals surface area contributed by atoms with Crippen molar-refractivity contribution >= 4 is 5.91 Å². The number of ether oxygens (including phenoxy) is 1. The summed E-state index contributed by atoms with van der Waals surface area (Å²) in [4.78, 5) is 14.9. The van der Waals surface area contributed by atoms with E-state index in [0.29, 0.717) is 12.5 Å². The third-order valence-electron chi connectivity index (χ3n) is 5.02. The van der Waals surface area contributed by atoms with Crippen LogP contribution in [0.5, 0.6) is 5.75 Å². The molecule has 3 heteroatoms. The number of benzene rings is 1. The summed E-state index contributed by atoms with van der Waals surface area (Å²) in [5.41, 5.74) is 2.09. The van der Waals surface area contributed by atoms with Crippen LogP contribution in [-0.2, 0) is 4.79 Å². The average Bonchev–Trinajstić information content (AvgIpc) is 2.83. The third kappa shape index (κ3) is 5.25. The van der Waals surface area contributed by atoms with Crippen LogP contribution in [0.15, 0.2) is 18.2 Å². The minimum atomic E-state index is -0.296. The molecule has 134 valence electrons. The van der Waals surface area contributed by atoms with Gasteiger partial charge in [0.15, 0.2) is 0 Å². The molecule has 1 aliphatic heterocycles. The van der Waals surface area contributed by atoms with Crippen LogP contribution in [0.3, 0.4) is 0 Å². The largest absolute Gasteiger partial charge is 0.493 e. The van der Waals surface area contributed by atoms with Crippen LogP contribution in [-0.4, -0.2) is 30.5 Å². The second-order valence-electron chi connectivity index (χ2n) is 7.81. The van der Waals surface area contributed by atoms with Crippen LogP contribution < -0.4 is 4.74 Å². The van der Waals surface area contributed by atoms with Crippen molar-refractivity contribution in [3.63, 3.8) is 0 Å². The quantitative estimate of drug-likeness (QED) is 0.695. The first kappa shape index (κ1) is 18.8. The standard InChI is InChI=1S/C21H33NO2/c1-17-10-11-18(2)19(16-17)24-15-9-12-21(3,4)20(23)22-13-7-5-6-8-14-22/h10-11,16H,5-9,12-15H2,1-4H3. The Balaban J connectivity index is 1.81. The highest BCUT2D eigenvalue weighted by Gasteiger charge is 2.31. The molecule has 0 atom stereocenters. The molecule has 1 saturated heterocycles. The highest BCUT2D eigenvalue weighted by Crippen LogP contribution is 2.27. The molecule has 0 bridgehead atoms. The lowest BCUT2D eigenvalue weighted by atomic mass is 9.86. The molecule has 0 radical (unpaired) electrons. The highest BCUT2D eigenvalue weighted by atomic mass is 16.5. The number of amides is 1. The Kier molecular flexibility index (Phi) is 6.70. The molecule has 0 aliphatic carbocycles. The van der Waals surface area contributed by atoms with E-state index in [2.05, 4.69) is 50.8 Å². The summed E-state index contributed by atoms with van der Waals surface area (Å²) in [5.74, 6) is 1.28. The van der Waals surface area contributed by atoms with Gasteiger partial charge in [-0.3, -0.25) is 4.79 Å². The molecule has 0 spiro atoms. The molecule has 1 aromatic carbocycles. The number of nitrogens with zero attached hydrogens (tertiary/aromatic N) is 1. The van der Waals surface area contributed by atoms with Gasteiger partial charge in [0.05, 0.1) is 6.61 Å². The second-order valence-corrected chi connectivity index (χ2v) is 7.81. The van der Waals surface area contributed by atoms with Crippen molar-refractivity contribution in [2.24, 2.45) is 5.41 Å². The van der Waals surface area contributed by atoms with Gasteiger partial charge in [-0.15, -0.1) is 0 Å². The van der Waals surface area contributed by atoms with Crippen LogP contribution in [0.2, 0.25) is 0 Å². The zero-order valence-corrected chi connectivity index (χ0v) is 15.9. The maximum atomic E-state index is 12.8. The molecule has 1 amide bonds. The van der Waals surface area contributed by atoms with Gasteiger partial charge in [0.25, 0.3) is 0 Å². The molecule has 0 saturated carbocycles. The SMILES string of the molecule is Cc1ccc(C)c(OCCCC(C)(C)C(=O)N2CCCCCC2)c1. The molecule has 2 rings (SSSR count). The van der Waals surface area contributed by atoms with E-state index >= 15 is 0 Å². The van der Waals surface area contributed by atoms with E-state index < -0.39 is 0 Å². The van der Waals surface area contributed by atoms with Crippen LogP contribution >= 0.6 is 0 Å². The summed E-state index contributed by atoms with van der Waals surface area (Å²) in [7, 11) is 0. The number of hydrogen-bond acceptors (Lipinski definition) is 2. The van der Waals surface area contributed by atoms with Gasteiger partial charge in [-0.2, -0.15) is 0 Å². The van der Waals surface area contributed by atoms with E-state index in [1.165, 1.54) is 24.0 Å². The predicted octanol–water partition coefficient (Wildman–Crippen LogP) is 4.89. The lowest BCUT2D eigenvalue weighted by Crippen LogP contribution is -2.41. The van der Waals surface area contributed by atoms with Gasteiger partial charge >= 0.3 is 0 Å². The summed E-state index contributed by atoms with van der Waals surface area (Å²) in [6, 6.07) is 6.28. The molecule has 1 heterocycles. The van der Waals surface area contributed by atoms with Crippen LogP contribution in [0.25, 0.3) is 0 Å². The Morgan fingerprint density at radius 2 is 1.79 bits per heavy atom. The Bertz CT molecular complexity index is 543. The number of carbonyl (C=O) groups excluding carboxylic acids is 1. The van der Waals surface area contributed by atoms with Gasteiger partial charge in [0.2, 0.25) is 5.91 Å². The zero-order chi connectivity index (χ0) is 17.6. The van der Waals surface area contributed by atoms with E-state index in [9.17, 15) is 4.79 Å². The fourth-order valence-corrected chi connectivity index (χ4v) is 3.37. The van der Waals surface area contributed by atoms with E-state index in [4.69, 9.17) is 4.74 Å². The van der Waals surface area contributed by atoms with E-state index in [1.54, 1.807) is 0 Å². The Morgan fingerprint density at radius 1 is 1.12 bits per heavy atom. The van der Waals surface area contributed by atoms with Gasteiger partial charge in [-0.05, 0) is 56.7 Å². The highest BCUT2D eigenvalue weighted by molar-refractivity contribution is 5.81. The molecule has 1 fully saturated rings. The van der Waals surface area contributed by atoms with Crippen molar-refractivity contribution in [3.8, 4) is 5.75 Å². The summed E-state index contributed by atoms with van der Waals surface area (Å²) >= 11 is 0. The van der Waals surface area contributed by atoms with Gasteiger partial charge < -0.3 is 9.64 Å². The molecule has 0 unspecified atom stereocenters. The first-order valence-corrected chi connectivity index (χ1v) is 9.39. The van der Waals surface area contributed by atoms with Gasteiger partial charge in [0.1, 0.15) is 5.75 Å². The monoisotopic (exact) mass is 331 g/mol. The number of rotatable bonds is 6. The first-order chi connectivity index (χ1) is 11.4. The fourth-order valence-electron chi connectivity index (χ4n) is 3.37. The predicted molar refractivity (Wildman–Crippen MR) is 99.5 cm³/mol. The lowest BCUT2D eigenvalue weighted by molar-refractivity contribution is -0.140. The van der Waals surface area contributed by atoms with Gasteiger partial charge in [-0.25, -0.2) is 0 Å². The summed E-state index contributed by atoms with van der Waals surface area (Å²) in [6.45, 7) is 10.8. The lowest BCUT2D eigenvalue weighted by Gasteiger charge is -2.31. The Labute approximate surface area is 147 Å². The van der Waals surface area contributed by atoms with Crippen LogP contribution in [0.4, 0.5) is 0 Å². The molecular formula is C21H33NO2. The normalized spacial score (nSPS) is 15.9. The topological polar surface area (TPSA) is 29.5 Å².